The summed E-state index contributed by atoms with van der Waals surface area (Å²) in [7, 11) is 0. The van der Waals surface area contributed by atoms with Gasteiger partial charge >= 0.3 is 0 Å². The Kier molecular flexibility index (Phi) is 8.76. The third-order valence-corrected chi connectivity index (χ3v) is 7.16. The number of hydrogen-bond acceptors (Lipinski definition) is 6. The van der Waals surface area contributed by atoms with Crippen LogP contribution in [0.25, 0.3) is 11.3 Å². The first-order valence-corrected chi connectivity index (χ1v) is 14.0. The lowest BCUT2D eigenvalue weighted by Gasteiger charge is -2.09. The first kappa shape index (κ1) is 27.4. The molecule has 1 amide bonds. The second-order valence-corrected chi connectivity index (χ2v) is 10.6. The quantitative estimate of drug-likeness (QED) is 0.134. The van der Waals surface area contributed by atoms with E-state index in [-0.39, 0.29) is 5.91 Å². The Morgan fingerprint density at radius 3 is 2.55 bits per heavy atom. The van der Waals surface area contributed by atoms with E-state index < -0.39 is 0 Å². The highest BCUT2D eigenvalue weighted by molar-refractivity contribution is 7.14. The molecule has 1 aromatic heterocycles. The highest BCUT2D eigenvalue weighted by Gasteiger charge is 2.09. The summed E-state index contributed by atoms with van der Waals surface area (Å²) >= 11 is 13.8. The number of amides is 1. The number of aryl methyl sites for hydroxylation is 1. The molecule has 0 atom stereocenters. The Hall–Kier alpha value is -4.17. The van der Waals surface area contributed by atoms with Crippen LogP contribution in [0, 0.1) is 6.92 Å². The van der Waals surface area contributed by atoms with Crippen LogP contribution in [0.3, 0.4) is 0 Å². The van der Waals surface area contributed by atoms with Crippen LogP contribution in [0.1, 0.15) is 27.0 Å². The van der Waals surface area contributed by atoms with Crippen molar-refractivity contribution >= 4 is 57.5 Å². The number of ether oxygens (including phenoxy) is 1. The minimum atomic E-state index is -0.324. The number of carbonyl (C=O) groups excluding carboxylic acids is 1. The molecule has 5 rings (SSSR count). The van der Waals surface area contributed by atoms with Gasteiger partial charge in [-0.25, -0.2) is 10.4 Å². The van der Waals surface area contributed by atoms with Gasteiger partial charge in [0.1, 0.15) is 12.4 Å². The molecule has 0 saturated heterocycles. The van der Waals surface area contributed by atoms with Crippen LogP contribution in [0.15, 0.2) is 101 Å². The molecule has 0 aliphatic carbocycles. The molecular weight excluding hydrogens is 563 g/mol. The zero-order chi connectivity index (χ0) is 27.9. The average molecular weight is 588 g/mol. The Labute approximate surface area is 246 Å². The van der Waals surface area contributed by atoms with Crippen LogP contribution in [-0.4, -0.2) is 17.1 Å². The van der Waals surface area contributed by atoms with Crippen molar-refractivity contribution in [3.8, 4) is 17.0 Å². The monoisotopic (exact) mass is 586 g/mol. The second kappa shape index (κ2) is 12.8. The zero-order valence-electron chi connectivity index (χ0n) is 21.4. The number of hydrazone groups is 1. The fourth-order valence-corrected chi connectivity index (χ4v) is 4.93. The topological polar surface area (TPSA) is 75.6 Å². The number of hydrogen-bond donors (Lipinski definition) is 2. The molecule has 9 heteroatoms. The number of nitrogens with one attached hydrogen (secondary N) is 2. The number of carbonyl (C=O) groups is 1. The highest BCUT2D eigenvalue weighted by atomic mass is 35.5. The van der Waals surface area contributed by atoms with Gasteiger partial charge in [0.15, 0.2) is 5.13 Å². The normalized spacial score (nSPS) is 11.0. The van der Waals surface area contributed by atoms with Gasteiger partial charge in [0.05, 0.1) is 16.9 Å². The summed E-state index contributed by atoms with van der Waals surface area (Å²) in [4.78, 5) is 17.2. The number of nitrogens with zero attached hydrogens (tertiary/aromatic N) is 2. The van der Waals surface area contributed by atoms with E-state index in [1.165, 1.54) is 23.1 Å². The molecule has 0 aliphatic heterocycles. The van der Waals surface area contributed by atoms with E-state index in [4.69, 9.17) is 27.9 Å². The standard InChI is InChI=1S/C31H24Cl2N4O2S/c1-20-3-2-4-22(15-20)18-39-29-14-5-21(16-27(29)33)17-34-37-30(38)24-8-6-23(7-9-24)28-19-40-31(36-28)35-26-12-10-25(32)11-13-26/h2-17,19H,18H2,1H3,(H,35,36)(H,37,38)/b34-17-. The fourth-order valence-electron chi connectivity index (χ4n) is 3.82. The highest BCUT2D eigenvalue weighted by Crippen LogP contribution is 2.28. The maximum absolute atomic E-state index is 12.6. The molecule has 1 heterocycles. The lowest BCUT2D eigenvalue weighted by molar-refractivity contribution is 0.0955. The lowest BCUT2D eigenvalue weighted by atomic mass is 10.1. The average Bonchev–Trinajstić information content (AvgIpc) is 3.42. The lowest BCUT2D eigenvalue weighted by Crippen LogP contribution is -2.17. The molecule has 0 spiro atoms. The Balaban J connectivity index is 1.14. The van der Waals surface area contributed by atoms with Gasteiger partial charge in [-0.3, -0.25) is 4.79 Å². The van der Waals surface area contributed by atoms with Crippen molar-refractivity contribution in [2.45, 2.75) is 13.5 Å². The van der Waals surface area contributed by atoms with E-state index in [1.807, 2.05) is 73.0 Å². The van der Waals surface area contributed by atoms with E-state index in [1.54, 1.807) is 24.3 Å². The summed E-state index contributed by atoms with van der Waals surface area (Å²) in [6, 6.07) is 28.1. The van der Waals surface area contributed by atoms with E-state index in [9.17, 15) is 4.79 Å². The number of aromatic nitrogens is 1. The van der Waals surface area contributed by atoms with Crippen LogP contribution in [0.5, 0.6) is 5.75 Å². The van der Waals surface area contributed by atoms with Crippen LogP contribution < -0.4 is 15.5 Å². The fraction of sp³-hybridized carbons (Fsp3) is 0.0645. The minimum absolute atomic E-state index is 0.324. The second-order valence-electron chi connectivity index (χ2n) is 8.91. The van der Waals surface area contributed by atoms with Gasteiger partial charge in [-0.2, -0.15) is 5.10 Å². The van der Waals surface area contributed by atoms with E-state index >= 15 is 0 Å². The van der Waals surface area contributed by atoms with Gasteiger partial charge in [0.25, 0.3) is 5.91 Å². The molecule has 40 heavy (non-hydrogen) atoms. The van der Waals surface area contributed by atoms with Crippen LogP contribution >= 0.6 is 34.5 Å². The molecule has 0 aliphatic rings. The minimum Gasteiger partial charge on any atom is -0.487 e. The predicted molar refractivity (Wildman–Crippen MR) is 164 cm³/mol. The van der Waals surface area contributed by atoms with Crippen molar-refractivity contribution in [3.05, 3.63) is 129 Å². The summed E-state index contributed by atoms with van der Waals surface area (Å²) in [5.74, 6) is 0.257. The number of anilines is 2. The summed E-state index contributed by atoms with van der Waals surface area (Å²) in [5.41, 5.74) is 8.63. The number of benzene rings is 4. The number of rotatable bonds is 9. The molecule has 4 aromatic carbocycles. The van der Waals surface area contributed by atoms with Crippen LogP contribution in [0.4, 0.5) is 10.8 Å². The maximum atomic E-state index is 12.6. The molecule has 0 radical (unpaired) electrons. The van der Waals surface area contributed by atoms with Gasteiger partial charge in [0, 0.05) is 27.2 Å². The maximum Gasteiger partial charge on any atom is 0.271 e. The van der Waals surface area contributed by atoms with Gasteiger partial charge in [-0.05, 0) is 72.6 Å². The van der Waals surface area contributed by atoms with Crippen molar-refractivity contribution in [1.82, 2.24) is 10.4 Å². The third-order valence-electron chi connectivity index (χ3n) is 5.86. The Morgan fingerprint density at radius 2 is 1.80 bits per heavy atom. The molecule has 0 fully saturated rings. The summed E-state index contributed by atoms with van der Waals surface area (Å²) < 4.78 is 5.85. The summed E-state index contributed by atoms with van der Waals surface area (Å²) in [6.07, 6.45) is 1.53. The first-order valence-electron chi connectivity index (χ1n) is 12.3. The molecule has 0 saturated carbocycles. The largest absolute Gasteiger partial charge is 0.487 e. The summed E-state index contributed by atoms with van der Waals surface area (Å²) in [6.45, 7) is 2.46. The molecule has 5 aromatic rings. The SMILES string of the molecule is Cc1cccc(COc2ccc(/C=N\NC(=O)c3ccc(-c4csc(Nc5ccc(Cl)cc5)n4)cc3)cc2Cl)c1. The molecule has 200 valence electrons. The van der Waals surface area contributed by atoms with Gasteiger partial charge in [-0.1, -0.05) is 65.2 Å². The first-order chi connectivity index (χ1) is 19.4. The van der Waals surface area contributed by atoms with Crippen molar-refractivity contribution < 1.29 is 9.53 Å². The van der Waals surface area contributed by atoms with Gasteiger partial charge in [0.2, 0.25) is 0 Å². The summed E-state index contributed by atoms with van der Waals surface area (Å²) in [5, 5.41) is 11.2. The zero-order valence-corrected chi connectivity index (χ0v) is 23.7. The van der Waals surface area contributed by atoms with Crippen LogP contribution in [0.2, 0.25) is 10.0 Å². The van der Waals surface area contributed by atoms with Gasteiger partial charge in [-0.15, -0.1) is 11.3 Å². The smallest absolute Gasteiger partial charge is 0.271 e. The molecule has 0 unspecified atom stereocenters. The third kappa shape index (κ3) is 7.27. The van der Waals surface area contributed by atoms with Crippen molar-refractivity contribution in [3.63, 3.8) is 0 Å². The Morgan fingerprint density at radius 1 is 1.00 bits per heavy atom. The molecule has 0 bridgehead atoms. The number of thiazole rings is 1. The van der Waals surface area contributed by atoms with Crippen molar-refractivity contribution in [2.24, 2.45) is 5.10 Å². The van der Waals surface area contributed by atoms with Crippen molar-refractivity contribution in [2.75, 3.05) is 5.32 Å². The number of halogens is 2. The molecule has 6 nitrogen and oxygen atoms in total. The van der Waals surface area contributed by atoms with E-state index in [0.29, 0.717) is 28.0 Å². The van der Waals surface area contributed by atoms with Gasteiger partial charge < -0.3 is 10.1 Å². The predicted octanol–water partition coefficient (Wildman–Crippen LogP) is 8.51. The Bertz CT molecular complexity index is 1650. The molecule has 2 N–H and O–H groups in total. The molecular formula is C31H24Cl2N4O2S. The van der Waals surface area contributed by atoms with E-state index in [2.05, 4.69) is 26.9 Å². The van der Waals surface area contributed by atoms with Crippen molar-refractivity contribution in [1.29, 1.82) is 0 Å². The van der Waals surface area contributed by atoms with E-state index in [0.717, 1.165) is 33.2 Å². The van der Waals surface area contributed by atoms with Crippen LogP contribution in [-0.2, 0) is 6.61 Å².